The van der Waals surface area contributed by atoms with Crippen LogP contribution in [0.2, 0.25) is 0 Å². The maximum absolute atomic E-state index is 12.4. The van der Waals surface area contributed by atoms with Gasteiger partial charge < -0.3 is 9.64 Å². The zero-order valence-electron chi connectivity index (χ0n) is 10.8. The van der Waals surface area contributed by atoms with Gasteiger partial charge in [0.2, 0.25) is 17.7 Å². The van der Waals surface area contributed by atoms with Gasteiger partial charge in [-0.15, -0.1) is 0 Å². The summed E-state index contributed by atoms with van der Waals surface area (Å²) in [6.07, 6.45) is 4.16. The van der Waals surface area contributed by atoms with Crippen molar-refractivity contribution in [2.75, 3.05) is 6.61 Å². The van der Waals surface area contributed by atoms with Gasteiger partial charge in [0.05, 0.1) is 18.9 Å². The Balaban J connectivity index is 1.68. The van der Waals surface area contributed by atoms with E-state index in [9.17, 15) is 14.4 Å². The first-order valence-electron chi connectivity index (χ1n) is 6.91. The summed E-state index contributed by atoms with van der Waals surface area (Å²) in [6.45, 7) is 0.712. The third-order valence-electron chi connectivity index (χ3n) is 3.93. The van der Waals surface area contributed by atoms with Crippen LogP contribution in [0.1, 0.15) is 38.5 Å². The first-order valence-corrected chi connectivity index (χ1v) is 6.91. The van der Waals surface area contributed by atoms with E-state index in [1.165, 1.54) is 0 Å². The molecule has 19 heavy (non-hydrogen) atoms. The van der Waals surface area contributed by atoms with Crippen molar-refractivity contribution in [1.29, 1.82) is 0 Å². The van der Waals surface area contributed by atoms with Crippen LogP contribution in [-0.4, -0.2) is 47.4 Å². The molecule has 0 aromatic heterocycles. The number of imide groups is 1. The fourth-order valence-electron chi connectivity index (χ4n) is 2.85. The minimum Gasteiger partial charge on any atom is -0.378 e. The summed E-state index contributed by atoms with van der Waals surface area (Å²) in [5.41, 5.74) is 0. The van der Waals surface area contributed by atoms with Gasteiger partial charge in [0, 0.05) is 12.6 Å². The predicted molar refractivity (Wildman–Crippen MR) is 65.0 cm³/mol. The third kappa shape index (κ3) is 2.63. The molecule has 0 aromatic rings. The Bertz CT molecular complexity index is 413. The minimum atomic E-state index is -0.603. The average Bonchev–Trinajstić information content (AvgIpc) is 2.94. The number of rotatable bonds is 4. The van der Waals surface area contributed by atoms with Crippen LogP contribution in [0.5, 0.6) is 0 Å². The fraction of sp³-hybridized carbons (Fsp3) is 0.769. The van der Waals surface area contributed by atoms with E-state index in [0.717, 1.165) is 25.7 Å². The topological polar surface area (TPSA) is 75.7 Å². The molecule has 2 saturated heterocycles. The van der Waals surface area contributed by atoms with Gasteiger partial charge in [-0.3, -0.25) is 19.7 Å². The standard InChI is InChI=1S/C13H18N2O4/c16-11-7-10(13(18)14-11)15(8-3-4-8)12(17)6-9-2-1-5-19-9/h8-10H,1-7H2,(H,14,16,18)/t9-,10+/m1/s1. The predicted octanol–water partition coefficient (Wildman–Crippen LogP) is -0.0384. The lowest BCUT2D eigenvalue weighted by Crippen LogP contribution is -2.46. The van der Waals surface area contributed by atoms with E-state index in [4.69, 9.17) is 4.74 Å². The van der Waals surface area contributed by atoms with Crippen LogP contribution in [0.4, 0.5) is 0 Å². The van der Waals surface area contributed by atoms with E-state index in [0.29, 0.717) is 13.0 Å². The molecule has 0 bridgehead atoms. The quantitative estimate of drug-likeness (QED) is 0.725. The number of amides is 3. The second-order valence-corrected chi connectivity index (χ2v) is 5.50. The molecule has 1 saturated carbocycles. The van der Waals surface area contributed by atoms with Crippen LogP contribution in [-0.2, 0) is 19.1 Å². The van der Waals surface area contributed by atoms with Crippen molar-refractivity contribution < 1.29 is 19.1 Å². The Morgan fingerprint density at radius 2 is 2.11 bits per heavy atom. The van der Waals surface area contributed by atoms with E-state index in [2.05, 4.69) is 5.32 Å². The second kappa shape index (κ2) is 4.92. The van der Waals surface area contributed by atoms with Gasteiger partial charge in [0.15, 0.2) is 0 Å². The maximum Gasteiger partial charge on any atom is 0.249 e. The van der Waals surface area contributed by atoms with Crippen molar-refractivity contribution in [2.24, 2.45) is 0 Å². The highest BCUT2D eigenvalue weighted by atomic mass is 16.5. The molecule has 3 rings (SSSR count). The van der Waals surface area contributed by atoms with Gasteiger partial charge in [0.25, 0.3) is 0 Å². The fourth-order valence-corrected chi connectivity index (χ4v) is 2.85. The SMILES string of the molecule is O=C1C[C@H](N(C(=O)C[C@H]2CCCO2)C2CC2)C(=O)N1. The lowest BCUT2D eigenvalue weighted by atomic mass is 10.1. The molecular weight excluding hydrogens is 248 g/mol. The van der Waals surface area contributed by atoms with Crippen molar-refractivity contribution in [3.05, 3.63) is 0 Å². The van der Waals surface area contributed by atoms with E-state index in [1.807, 2.05) is 0 Å². The average molecular weight is 266 g/mol. The molecule has 0 radical (unpaired) electrons. The Labute approximate surface area is 111 Å². The summed E-state index contributed by atoms with van der Waals surface area (Å²) in [5, 5.41) is 2.28. The first kappa shape index (κ1) is 12.6. The summed E-state index contributed by atoms with van der Waals surface area (Å²) in [5.74, 6) is -0.674. The molecule has 104 valence electrons. The molecule has 2 atom stereocenters. The molecule has 1 aliphatic carbocycles. The second-order valence-electron chi connectivity index (χ2n) is 5.50. The van der Waals surface area contributed by atoms with Crippen LogP contribution < -0.4 is 5.32 Å². The first-order chi connectivity index (χ1) is 9.15. The molecule has 2 aliphatic heterocycles. The molecule has 0 unspecified atom stereocenters. The summed E-state index contributed by atoms with van der Waals surface area (Å²) >= 11 is 0. The van der Waals surface area contributed by atoms with E-state index >= 15 is 0 Å². The van der Waals surface area contributed by atoms with Gasteiger partial charge in [-0.1, -0.05) is 0 Å². The number of ether oxygens (including phenoxy) is 1. The molecule has 6 heteroatoms. The Kier molecular flexibility index (Phi) is 3.26. The molecule has 1 N–H and O–H groups in total. The highest BCUT2D eigenvalue weighted by molar-refractivity contribution is 6.06. The number of hydrogen-bond donors (Lipinski definition) is 1. The molecular formula is C13H18N2O4. The third-order valence-corrected chi connectivity index (χ3v) is 3.93. The van der Waals surface area contributed by atoms with Gasteiger partial charge in [-0.05, 0) is 25.7 Å². The minimum absolute atomic E-state index is 0.0195. The molecule has 2 heterocycles. The van der Waals surface area contributed by atoms with Crippen LogP contribution >= 0.6 is 0 Å². The molecule has 0 spiro atoms. The van der Waals surface area contributed by atoms with Crippen LogP contribution in [0, 0.1) is 0 Å². The molecule has 0 aromatic carbocycles. The van der Waals surface area contributed by atoms with Gasteiger partial charge in [-0.2, -0.15) is 0 Å². The summed E-state index contributed by atoms with van der Waals surface area (Å²) < 4.78 is 5.47. The molecule has 3 aliphatic rings. The van der Waals surface area contributed by atoms with Crippen molar-refractivity contribution in [2.45, 2.75) is 56.7 Å². The summed E-state index contributed by atoms with van der Waals surface area (Å²) in [6, 6.07) is -0.468. The Hall–Kier alpha value is -1.43. The van der Waals surface area contributed by atoms with E-state index in [1.54, 1.807) is 4.90 Å². The highest BCUT2D eigenvalue weighted by Crippen LogP contribution is 2.32. The number of carbonyl (C=O) groups is 3. The molecule has 6 nitrogen and oxygen atoms in total. The number of nitrogens with zero attached hydrogens (tertiary/aromatic N) is 1. The van der Waals surface area contributed by atoms with E-state index in [-0.39, 0.29) is 36.3 Å². The maximum atomic E-state index is 12.4. The van der Waals surface area contributed by atoms with Crippen molar-refractivity contribution >= 4 is 17.7 Å². The van der Waals surface area contributed by atoms with E-state index < -0.39 is 6.04 Å². The Morgan fingerprint density at radius 3 is 2.63 bits per heavy atom. The highest BCUT2D eigenvalue weighted by Gasteiger charge is 2.44. The van der Waals surface area contributed by atoms with Crippen LogP contribution in [0.25, 0.3) is 0 Å². The van der Waals surface area contributed by atoms with Crippen molar-refractivity contribution in [3.8, 4) is 0 Å². The summed E-state index contributed by atoms with van der Waals surface area (Å²) in [7, 11) is 0. The van der Waals surface area contributed by atoms with Gasteiger partial charge >= 0.3 is 0 Å². The number of hydrogen-bond acceptors (Lipinski definition) is 4. The van der Waals surface area contributed by atoms with Crippen LogP contribution in [0.15, 0.2) is 0 Å². The van der Waals surface area contributed by atoms with Crippen LogP contribution in [0.3, 0.4) is 0 Å². The van der Waals surface area contributed by atoms with Gasteiger partial charge in [0.1, 0.15) is 6.04 Å². The normalized spacial score (nSPS) is 30.5. The lowest BCUT2D eigenvalue weighted by Gasteiger charge is -2.27. The summed E-state index contributed by atoms with van der Waals surface area (Å²) in [4.78, 5) is 37.0. The number of carbonyl (C=O) groups excluding carboxylic acids is 3. The zero-order valence-corrected chi connectivity index (χ0v) is 10.8. The molecule has 3 amide bonds. The monoisotopic (exact) mass is 266 g/mol. The van der Waals surface area contributed by atoms with Crippen molar-refractivity contribution in [1.82, 2.24) is 10.2 Å². The smallest absolute Gasteiger partial charge is 0.249 e. The van der Waals surface area contributed by atoms with Gasteiger partial charge in [-0.25, -0.2) is 0 Å². The Morgan fingerprint density at radius 1 is 1.32 bits per heavy atom. The van der Waals surface area contributed by atoms with Crippen molar-refractivity contribution in [3.63, 3.8) is 0 Å². The number of nitrogens with one attached hydrogen (secondary N) is 1. The lowest BCUT2D eigenvalue weighted by molar-refractivity contribution is -0.141. The molecule has 3 fully saturated rings. The largest absolute Gasteiger partial charge is 0.378 e. The zero-order chi connectivity index (χ0) is 13.4.